The fraction of sp³-hybridized carbons (Fsp3) is 0.538. The van der Waals surface area contributed by atoms with E-state index in [-0.39, 0.29) is 0 Å². The molecule has 0 radical (unpaired) electrons. The van der Waals surface area contributed by atoms with Gasteiger partial charge < -0.3 is 4.90 Å². The van der Waals surface area contributed by atoms with Crippen molar-refractivity contribution in [3.63, 3.8) is 0 Å². The van der Waals surface area contributed by atoms with E-state index in [0.717, 1.165) is 11.4 Å². The number of fused-ring (bicyclic) bond motifs is 1. The van der Waals surface area contributed by atoms with E-state index in [1.807, 2.05) is 6.07 Å². The van der Waals surface area contributed by atoms with Gasteiger partial charge in [-0.2, -0.15) is 0 Å². The number of hydrogen-bond acceptors (Lipinski definition) is 1. The fourth-order valence-corrected chi connectivity index (χ4v) is 2.42. The number of nitrogens with zero attached hydrogens (tertiary/aromatic N) is 1. The van der Waals surface area contributed by atoms with Crippen LogP contribution < -0.4 is 4.90 Å². The molecule has 0 N–H and O–H groups in total. The van der Waals surface area contributed by atoms with Gasteiger partial charge in [0.2, 0.25) is 0 Å². The van der Waals surface area contributed by atoms with Crippen molar-refractivity contribution < 1.29 is 0 Å². The van der Waals surface area contributed by atoms with Crippen molar-refractivity contribution in [2.75, 3.05) is 18.0 Å². The first-order valence-electron chi connectivity index (χ1n) is 5.84. The molecule has 0 saturated carbocycles. The van der Waals surface area contributed by atoms with Crippen molar-refractivity contribution in [1.82, 2.24) is 0 Å². The summed E-state index contributed by atoms with van der Waals surface area (Å²) in [7, 11) is 0. The minimum absolute atomic E-state index is 0.865. The van der Waals surface area contributed by atoms with Crippen molar-refractivity contribution in [1.29, 1.82) is 0 Å². The summed E-state index contributed by atoms with van der Waals surface area (Å²) in [6.07, 6.45) is 5.08. The van der Waals surface area contributed by atoms with Gasteiger partial charge in [-0.3, -0.25) is 0 Å². The second-order valence-electron chi connectivity index (χ2n) is 4.22. The average Bonchev–Trinajstić information content (AvgIpc) is 2.61. The maximum atomic E-state index is 5.98. The molecule has 1 aliphatic heterocycles. The van der Waals surface area contributed by atoms with Crippen LogP contribution in [0.5, 0.6) is 0 Å². The van der Waals surface area contributed by atoms with Gasteiger partial charge in [0.05, 0.1) is 0 Å². The van der Waals surface area contributed by atoms with Gasteiger partial charge in [-0.05, 0) is 36.6 Å². The summed E-state index contributed by atoms with van der Waals surface area (Å²) in [5, 5.41) is 0.865. The molecule has 1 aliphatic rings. The van der Waals surface area contributed by atoms with Crippen molar-refractivity contribution in [3.05, 3.63) is 28.8 Å². The first-order valence-corrected chi connectivity index (χ1v) is 6.22. The molecule has 1 nitrogen and oxygen atoms in total. The minimum Gasteiger partial charge on any atom is -0.371 e. The Hall–Kier alpha value is -0.690. The molecule has 82 valence electrons. The summed E-state index contributed by atoms with van der Waals surface area (Å²) < 4.78 is 0. The molecule has 0 fully saturated rings. The topological polar surface area (TPSA) is 3.24 Å². The molecule has 0 bridgehead atoms. The lowest BCUT2D eigenvalue weighted by atomic mass is 10.2. The monoisotopic (exact) mass is 223 g/mol. The van der Waals surface area contributed by atoms with E-state index in [1.165, 1.54) is 43.6 Å². The van der Waals surface area contributed by atoms with Crippen LogP contribution in [0.3, 0.4) is 0 Å². The maximum Gasteiger partial charge on any atom is 0.0410 e. The molecule has 0 saturated heterocycles. The van der Waals surface area contributed by atoms with Crippen molar-refractivity contribution in [2.45, 2.75) is 32.6 Å². The van der Waals surface area contributed by atoms with Crippen LogP contribution in [0.1, 0.15) is 31.7 Å². The average molecular weight is 224 g/mol. The minimum atomic E-state index is 0.865. The van der Waals surface area contributed by atoms with E-state index < -0.39 is 0 Å². The zero-order valence-corrected chi connectivity index (χ0v) is 10.1. The van der Waals surface area contributed by atoms with Gasteiger partial charge in [-0.15, -0.1) is 0 Å². The van der Waals surface area contributed by atoms with E-state index in [4.69, 9.17) is 11.6 Å². The van der Waals surface area contributed by atoms with E-state index in [9.17, 15) is 0 Å². The van der Waals surface area contributed by atoms with Crippen LogP contribution >= 0.6 is 11.6 Å². The van der Waals surface area contributed by atoms with Crippen LogP contribution in [0, 0.1) is 0 Å². The smallest absolute Gasteiger partial charge is 0.0410 e. The first kappa shape index (κ1) is 10.8. The van der Waals surface area contributed by atoms with Crippen LogP contribution in [-0.4, -0.2) is 13.1 Å². The Morgan fingerprint density at radius 1 is 1.33 bits per heavy atom. The summed E-state index contributed by atoms with van der Waals surface area (Å²) >= 11 is 5.98. The number of halogens is 1. The van der Waals surface area contributed by atoms with Crippen LogP contribution in [0.25, 0.3) is 0 Å². The van der Waals surface area contributed by atoms with Gasteiger partial charge in [0.15, 0.2) is 0 Å². The Balaban J connectivity index is 2.02. The number of benzene rings is 1. The zero-order valence-electron chi connectivity index (χ0n) is 9.30. The Kier molecular flexibility index (Phi) is 3.53. The Morgan fingerprint density at radius 2 is 2.20 bits per heavy atom. The molecule has 0 atom stereocenters. The summed E-state index contributed by atoms with van der Waals surface area (Å²) in [6, 6.07) is 6.27. The summed E-state index contributed by atoms with van der Waals surface area (Å²) in [5.41, 5.74) is 2.81. The number of unbranched alkanes of at least 4 members (excludes halogenated alkanes) is 2. The lowest BCUT2D eigenvalue weighted by molar-refractivity contribution is 0.688. The molecule has 2 rings (SSSR count). The predicted molar refractivity (Wildman–Crippen MR) is 66.9 cm³/mol. The van der Waals surface area contributed by atoms with E-state index >= 15 is 0 Å². The van der Waals surface area contributed by atoms with Crippen LogP contribution in [-0.2, 0) is 6.42 Å². The third-order valence-corrected chi connectivity index (χ3v) is 3.30. The molecule has 0 spiro atoms. The van der Waals surface area contributed by atoms with Crippen LogP contribution in [0.2, 0.25) is 5.02 Å². The fourth-order valence-electron chi connectivity index (χ4n) is 2.22. The van der Waals surface area contributed by atoms with Gasteiger partial charge in [0, 0.05) is 23.8 Å². The second-order valence-corrected chi connectivity index (χ2v) is 4.65. The van der Waals surface area contributed by atoms with Crippen molar-refractivity contribution in [2.24, 2.45) is 0 Å². The summed E-state index contributed by atoms with van der Waals surface area (Å²) in [6.45, 7) is 4.61. The molecule has 15 heavy (non-hydrogen) atoms. The quantitative estimate of drug-likeness (QED) is 0.700. The molecule has 1 aromatic carbocycles. The highest BCUT2D eigenvalue weighted by Gasteiger charge is 2.18. The third kappa shape index (κ3) is 2.46. The van der Waals surface area contributed by atoms with E-state index in [2.05, 4.69) is 24.0 Å². The first-order chi connectivity index (χ1) is 7.31. The van der Waals surface area contributed by atoms with Crippen LogP contribution in [0.4, 0.5) is 5.69 Å². The molecular formula is C13H18ClN. The Bertz CT molecular complexity index is 335. The standard InChI is InChI=1S/C13H18ClN/c1-2-3-4-8-15-9-7-11-10-12(14)5-6-13(11)15/h5-6,10H,2-4,7-9H2,1H3. The third-order valence-electron chi connectivity index (χ3n) is 3.06. The predicted octanol–water partition coefficient (Wildman–Crippen LogP) is 3.89. The zero-order chi connectivity index (χ0) is 10.7. The van der Waals surface area contributed by atoms with E-state index in [0.29, 0.717) is 0 Å². The molecule has 0 unspecified atom stereocenters. The number of rotatable bonds is 4. The lowest BCUT2D eigenvalue weighted by Crippen LogP contribution is -2.21. The van der Waals surface area contributed by atoms with Gasteiger partial charge in [0.1, 0.15) is 0 Å². The van der Waals surface area contributed by atoms with Crippen molar-refractivity contribution >= 4 is 17.3 Å². The Morgan fingerprint density at radius 3 is 3.00 bits per heavy atom. The van der Waals surface area contributed by atoms with Gasteiger partial charge >= 0.3 is 0 Å². The molecule has 2 heteroatoms. The molecule has 1 aromatic rings. The molecule has 1 heterocycles. The second kappa shape index (κ2) is 4.89. The van der Waals surface area contributed by atoms with Crippen molar-refractivity contribution in [3.8, 4) is 0 Å². The SMILES string of the molecule is CCCCCN1CCc2cc(Cl)ccc21. The van der Waals surface area contributed by atoms with Gasteiger partial charge in [-0.25, -0.2) is 0 Å². The highest BCUT2D eigenvalue weighted by atomic mass is 35.5. The normalized spacial score (nSPS) is 14.4. The largest absolute Gasteiger partial charge is 0.371 e. The number of anilines is 1. The lowest BCUT2D eigenvalue weighted by Gasteiger charge is -2.19. The number of hydrogen-bond donors (Lipinski definition) is 0. The molecule has 0 amide bonds. The highest BCUT2D eigenvalue weighted by Crippen LogP contribution is 2.30. The summed E-state index contributed by atoms with van der Waals surface area (Å²) in [5.74, 6) is 0. The highest BCUT2D eigenvalue weighted by molar-refractivity contribution is 6.30. The van der Waals surface area contributed by atoms with Crippen LogP contribution in [0.15, 0.2) is 18.2 Å². The van der Waals surface area contributed by atoms with Gasteiger partial charge in [-0.1, -0.05) is 31.4 Å². The molecule has 0 aliphatic carbocycles. The van der Waals surface area contributed by atoms with Gasteiger partial charge in [0.25, 0.3) is 0 Å². The molecule has 0 aromatic heterocycles. The molecular weight excluding hydrogens is 206 g/mol. The Labute approximate surface area is 97.0 Å². The summed E-state index contributed by atoms with van der Waals surface area (Å²) in [4.78, 5) is 2.49. The van der Waals surface area contributed by atoms with E-state index in [1.54, 1.807) is 0 Å². The maximum absolute atomic E-state index is 5.98.